The molecule has 0 aliphatic carbocycles. The van der Waals surface area contributed by atoms with E-state index in [4.69, 9.17) is 0 Å². The summed E-state index contributed by atoms with van der Waals surface area (Å²) in [6.45, 7) is 0. The molecule has 0 unspecified atom stereocenters. The minimum atomic E-state index is 1.13. The van der Waals surface area contributed by atoms with Crippen molar-refractivity contribution in [2.45, 2.75) is 0 Å². The van der Waals surface area contributed by atoms with Crippen LogP contribution in [-0.4, -0.2) is 0 Å². The average Bonchev–Trinajstić information content (AvgIpc) is 2.43. The van der Waals surface area contributed by atoms with Gasteiger partial charge in [-0.1, -0.05) is 46.3 Å². The van der Waals surface area contributed by atoms with Gasteiger partial charge in [0.25, 0.3) is 0 Å². The van der Waals surface area contributed by atoms with Crippen molar-refractivity contribution in [2.75, 3.05) is 0 Å². The second-order valence-corrected chi connectivity index (χ2v) is 5.81. The van der Waals surface area contributed by atoms with Gasteiger partial charge in [0, 0.05) is 4.47 Å². The standard InChI is InChI=1S/C18H11Br/c19-18-6-5-14-9-15-7-12-3-1-2-4-13(12)8-16(15)10-17(14)11-18/h1-11H. The van der Waals surface area contributed by atoms with Crippen LogP contribution in [0.25, 0.3) is 32.3 Å². The summed E-state index contributed by atoms with van der Waals surface area (Å²) in [5.74, 6) is 0. The molecule has 0 saturated heterocycles. The van der Waals surface area contributed by atoms with Crippen LogP contribution >= 0.6 is 15.9 Å². The minimum absolute atomic E-state index is 1.13. The monoisotopic (exact) mass is 306 g/mol. The fraction of sp³-hybridized carbons (Fsp3) is 0. The summed E-state index contributed by atoms with van der Waals surface area (Å²) < 4.78 is 1.13. The minimum Gasteiger partial charge on any atom is -0.0616 e. The van der Waals surface area contributed by atoms with E-state index in [0.717, 1.165) is 4.47 Å². The molecular weight excluding hydrogens is 296 g/mol. The van der Waals surface area contributed by atoms with E-state index < -0.39 is 0 Å². The highest BCUT2D eigenvalue weighted by molar-refractivity contribution is 9.10. The molecule has 0 fully saturated rings. The first-order valence-corrected chi connectivity index (χ1v) is 7.11. The number of benzene rings is 4. The third kappa shape index (κ3) is 1.82. The molecule has 0 heterocycles. The zero-order valence-electron chi connectivity index (χ0n) is 10.2. The first-order valence-electron chi connectivity index (χ1n) is 6.31. The molecule has 0 aliphatic rings. The van der Waals surface area contributed by atoms with E-state index in [0.29, 0.717) is 0 Å². The van der Waals surface area contributed by atoms with Crippen LogP contribution in [0, 0.1) is 0 Å². The van der Waals surface area contributed by atoms with E-state index in [2.05, 4.69) is 82.7 Å². The SMILES string of the molecule is Brc1ccc2cc3cc4ccccc4cc3cc2c1. The van der Waals surface area contributed by atoms with E-state index in [-0.39, 0.29) is 0 Å². The van der Waals surface area contributed by atoms with Gasteiger partial charge in [0.05, 0.1) is 0 Å². The maximum atomic E-state index is 3.54. The van der Waals surface area contributed by atoms with Crippen LogP contribution in [-0.2, 0) is 0 Å². The Labute approximate surface area is 119 Å². The van der Waals surface area contributed by atoms with E-state index in [1.807, 2.05) is 0 Å². The molecule has 19 heavy (non-hydrogen) atoms. The Bertz CT molecular complexity index is 922. The molecular formula is C18H11Br. The second-order valence-electron chi connectivity index (χ2n) is 4.89. The van der Waals surface area contributed by atoms with Crippen molar-refractivity contribution >= 4 is 48.2 Å². The van der Waals surface area contributed by atoms with Gasteiger partial charge in [-0.05, 0) is 68.7 Å². The Balaban J connectivity index is 2.16. The van der Waals surface area contributed by atoms with Gasteiger partial charge in [0.2, 0.25) is 0 Å². The van der Waals surface area contributed by atoms with Crippen LogP contribution in [0.2, 0.25) is 0 Å². The molecule has 0 radical (unpaired) electrons. The number of hydrogen-bond acceptors (Lipinski definition) is 0. The highest BCUT2D eigenvalue weighted by Gasteiger charge is 2.01. The predicted molar refractivity (Wildman–Crippen MR) is 86.7 cm³/mol. The van der Waals surface area contributed by atoms with Crippen molar-refractivity contribution in [3.63, 3.8) is 0 Å². The lowest BCUT2D eigenvalue weighted by atomic mass is 10.00. The number of hydrogen-bond donors (Lipinski definition) is 0. The predicted octanol–water partition coefficient (Wildman–Crippen LogP) is 5.91. The third-order valence-corrected chi connectivity index (χ3v) is 4.12. The van der Waals surface area contributed by atoms with Gasteiger partial charge in [-0.2, -0.15) is 0 Å². The highest BCUT2D eigenvalue weighted by atomic mass is 79.9. The summed E-state index contributed by atoms with van der Waals surface area (Å²) in [5, 5.41) is 7.75. The molecule has 0 bridgehead atoms. The summed E-state index contributed by atoms with van der Waals surface area (Å²) in [4.78, 5) is 0. The van der Waals surface area contributed by atoms with Crippen LogP contribution in [0.1, 0.15) is 0 Å². The Hall–Kier alpha value is -1.86. The highest BCUT2D eigenvalue weighted by Crippen LogP contribution is 2.28. The zero-order chi connectivity index (χ0) is 12.8. The first kappa shape index (κ1) is 11.0. The Morgan fingerprint density at radius 3 is 1.58 bits per heavy atom. The lowest BCUT2D eigenvalue weighted by Crippen LogP contribution is -1.78. The van der Waals surface area contributed by atoms with Crippen molar-refractivity contribution < 1.29 is 0 Å². The van der Waals surface area contributed by atoms with Gasteiger partial charge < -0.3 is 0 Å². The molecule has 0 N–H and O–H groups in total. The van der Waals surface area contributed by atoms with Crippen LogP contribution in [0.3, 0.4) is 0 Å². The zero-order valence-corrected chi connectivity index (χ0v) is 11.8. The largest absolute Gasteiger partial charge is 0.0616 e. The fourth-order valence-electron chi connectivity index (χ4n) is 2.66. The van der Waals surface area contributed by atoms with Gasteiger partial charge in [0.1, 0.15) is 0 Å². The molecule has 0 saturated carbocycles. The van der Waals surface area contributed by atoms with Crippen molar-refractivity contribution in [2.24, 2.45) is 0 Å². The molecule has 90 valence electrons. The van der Waals surface area contributed by atoms with Crippen molar-refractivity contribution in [3.05, 3.63) is 71.2 Å². The summed E-state index contributed by atoms with van der Waals surface area (Å²) >= 11 is 3.54. The molecule has 4 aromatic rings. The van der Waals surface area contributed by atoms with Crippen LogP contribution in [0.15, 0.2) is 71.2 Å². The van der Waals surface area contributed by atoms with E-state index in [1.165, 1.54) is 32.3 Å². The molecule has 0 spiro atoms. The lowest BCUT2D eigenvalue weighted by Gasteiger charge is -2.05. The second kappa shape index (κ2) is 4.07. The van der Waals surface area contributed by atoms with Gasteiger partial charge in [-0.3, -0.25) is 0 Å². The number of halogens is 1. The molecule has 0 nitrogen and oxygen atoms in total. The van der Waals surface area contributed by atoms with Crippen molar-refractivity contribution in [1.82, 2.24) is 0 Å². The molecule has 1 heteroatoms. The summed E-state index contributed by atoms with van der Waals surface area (Å²) in [5.41, 5.74) is 0. The summed E-state index contributed by atoms with van der Waals surface area (Å²) in [6, 6.07) is 24.0. The van der Waals surface area contributed by atoms with Crippen LogP contribution in [0.5, 0.6) is 0 Å². The van der Waals surface area contributed by atoms with E-state index in [1.54, 1.807) is 0 Å². The number of rotatable bonds is 0. The van der Waals surface area contributed by atoms with Crippen LogP contribution in [0.4, 0.5) is 0 Å². The maximum absolute atomic E-state index is 3.54. The Morgan fingerprint density at radius 2 is 0.947 bits per heavy atom. The topological polar surface area (TPSA) is 0 Å². The average molecular weight is 307 g/mol. The fourth-order valence-corrected chi connectivity index (χ4v) is 3.04. The molecule has 0 aromatic heterocycles. The van der Waals surface area contributed by atoms with E-state index in [9.17, 15) is 0 Å². The Morgan fingerprint density at radius 1 is 0.474 bits per heavy atom. The Kier molecular flexibility index (Phi) is 2.36. The van der Waals surface area contributed by atoms with Gasteiger partial charge in [-0.25, -0.2) is 0 Å². The van der Waals surface area contributed by atoms with E-state index >= 15 is 0 Å². The molecule has 4 aromatic carbocycles. The van der Waals surface area contributed by atoms with Gasteiger partial charge >= 0.3 is 0 Å². The summed E-state index contributed by atoms with van der Waals surface area (Å²) in [6.07, 6.45) is 0. The lowest BCUT2D eigenvalue weighted by molar-refractivity contribution is 1.73. The molecule has 0 atom stereocenters. The summed E-state index contributed by atoms with van der Waals surface area (Å²) in [7, 11) is 0. The molecule has 0 aliphatic heterocycles. The normalized spacial score (nSPS) is 11.4. The van der Waals surface area contributed by atoms with Crippen molar-refractivity contribution in [1.29, 1.82) is 0 Å². The number of fused-ring (bicyclic) bond motifs is 3. The molecule has 4 rings (SSSR count). The smallest absolute Gasteiger partial charge is 0.0181 e. The molecule has 0 amide bonds. The van der Waals surface area contributed by atoms with Crippen molar-refractivity contribution in [3.8, 4) is 0 Å². The quantitative estimate of drug-likeness (QED) is 0.354. The van der Waals surface area contributed by atoms with Gasteiger partial charge in [0.15, 0.2) is 0 Å². The van der Waals surface area contributed by atoms with Crippen LogP contribution < -0.4 is 0 Å². The van der Waals surface area contributed by atoms with Gasteiger partial charge in [-0.15, -0.1) is 0 Å². The third-order valence-electron chi connectivity index (χ3n) is 3.62. The first-order chi connectivity index (χ1) is 9.29. The maximum Gasteiger partial charge on any atom is 0.0181 e.